The van der Waals surface area contributed by atoms with Gasteiger partial charge in [0.25, 0.3) is 0 Å². The molecule has 2 aliphatic rings. The highest BCUT2D eigenvalue weighted by atomic mass is 79.9. The molecule has 120 valence electrons. The Bertz CT molecular complexity index is 563. The van der Waals surface area contributed by atoms with E-state index < -0.39 is 5.97 Å². The summed E-state index contributed by atoms with van der Waals surface area (Å²) in [4.78, 5) is 13.1. The first kappa shape index (κ1) is 15.6. The quantitative estimate of drug-likeness (QED) is 0.862. The van der Waals surface area contributed by atoms with Crippen LogP contribution in [0.3, 0.4) is 0 Å². The van der Waals surface area contributed by atoms with Crippen molar-refractivity contribution >= 4 is 21.9 Å². The minimum atomic E-state index is -0.697. The molecule has 0 amide bonds. The highest BCUT2D eigenvalue weighted by Gasteiger charge is 2.22. The van der Waals surface area contributed by atoms with Crippen molar-refractivity contribution in [1.82, 2.24) is 4.90 Å². The van der Waals surface area contributed by atoms with E-state index in [1.807, 2.05) is 6.07 Å². The standard InChI is InChI=1S/C16H20BrNO4/c17-13-6-12(7-14-16(13)22-10-21-14)9-18-5-1-2-11(8-18)3-4-15(19)20/h6-7,11H,1-5,8-10H2,(H,19,20). The van der Waals surface area contributed by atoms with E-state index in [4.69, 9.17) is 14.6 Å². The van der Waals surface area contributed by atoms with Crippen LogP contribution in [0.5, 0.6) is 11.5 Å². The molecule has 1 aromatic carbocycles. The van der Waals surface area contributed by atoms with E-state index in [-0.39, 0.29) is 13.2 Å². The minimum absolute atomic E-state index is 0.272. The van der Waals surface area contributed by atoms with E-state index in [9.17, 15) is 4.79 Å². The fraction of sp³-hybridized carbons (Fsp3) is 0.562. The second-order valence-electron chi connectivity index (χ2n) is 5.99. The first-order valence-electron chi connectivity index (χ1n) is 7.64. The first-order valence-corrected chi connectivity index (χ1v) is 8.43. The minimum Gasteiger partial charge on any atom is -0.481 e. The number of carboxylic acids is 1. The summed E-state index contributed by atoms with van der Waals surface area (Å²) in [7, 11) is 0. The Kier molecular flexibility index (Phi) is 4.88. The monoisotopic (exact) mass is 369 g/mol. The van der Waals surface area contributed by atoms with Crippen LogP contribution in [0, 0.1) is 5.92 Å². The number of aliphatic carboxylic acids is 1. The number of fused-ring (bicyclic) bond motifs is 1. The molecule has 2 heterocycles. The molecule has 1 aromatic rings. The third kappa shape index (κ3) is 3.73. The molecule has 6 heteroatoms. The van der Waals surface area contributed by atoms with Gasteiger partial charge in [-0.1, -0.05) is 0 Å². The number of piperidine rings is 1. The van der Waals surface area contributed by atoms with Gasteiger partial charge in [0, 0.05) is 19.5 Å². The fourth-order valence-corrected chi connectivity index (χ4v) is 3.83. The summed E-state index contributed by atoms with van der Waals surface area (Å²) in [5.74, 6) is 1.37. The maximum Gasteiger partial charge on any atom is 0.303 e. The molecule has 1 unspecified atom stereocenters. The van der Waals surface area contributed by atoms with Gasteiger partial charge in [-0.25, -0.2) is 0 Å². The summed E-state index contributed by atoms with van der Waals surface area (Å²) in [5.41, 5.74) is 1.19. The first-order chi connectivity index (χ1) is 10.6. The topological polar surface area (TPSA) is 59.0 Å². The van der Waals surface area contributed by atoms with E-state index in [0.717, 1.165) is 54.9 Å². The van der Waals surface area contributed by atoms with Crippen molar-refractivity contribution in [2.45, 2.75) is 32.2 Å². The molecule has 1 fully saturated rings. The van der Waals surface area contributed by atoms with E-state index >= 15 is 0 Å². The van der Waals surface area contributed by atoms with Crippen LogP contribution in [0.25, 0.3) is 0 Å². The number of ether oxygens (including phenoxy) is 2. The van der Waals surface area contributed by atoms with Crippen LogP contribution in [0.4, 0.5) is 0 Å². The second kappa shape index (κ2) is 6.87. The number of rotatable bonds is 5. The van der Waals surface area contributed by atoms with Gasteiger partial charge in [0.15, 0.2) is 11.5 Å². The molecular formula is C16H20BrNO4. The molecule has 22 heavy (non-hydrogen) atoms. The van der Waals surface area contributed by atoms with Crippen molar-refractivity contribution in [2.75, 3.05) is 19.9 Å². The van der Waals surface area contributed by atoms with Crippen molar-refractivity contribution in [3.8, 4) is 11.5 Å². The van der Waals surface area contributed by atoms with Gasteiger partial charge in [-0.2, -0.15) is 0 Å². The molecule has 2 aliphatic heterocycles. The van der Waals surface area contributed by atoms with E-state index in [2.05, 4.69) is 26.9 Å². The number of hydrogen-bond donors (Lipinski definition) is 1. The molecular weight excluding hydrogens is 350 g/mol. The summed E-state index contributed by atoms with van der Waals surface area (Å²) in [6, 6.07) is 4.11. The third-order valence-corrected chi connectivity index (χ3v) is 4.85. The molecule has 5 nitrogen and oxygen atoms in total. The lowest BCUT2D eigenvalue weighted by Gasteiger charge is -2.32. The number of likely N-dealkylation sites (tertiary alicyclic amines) is 1. The van der Waals surface area contributed by atoms with Gasteiger partial charge in [0.1, 0.15) is 0 Å². The Morgan fingerprint density at radius 3 is 3.09 bits per heavy atom. The Hall–Kier alpha value is -1.27. The zero-order chi connectivity index (χ0) is 15.5. The maximum atomic E-state index is 10.7. The van der Waals surface area contributed by atoms with Gasteiger partial charge >= 0.3 is 5.97 Å². The second-order valence-corrected chi connectivity index (χ2v) is 6.84. The predicted molar refractivity (Wildman–Crippen MR) is 85.1 cm³/mol. The van der Waals surface area contributed by atoms with Gasteiger partial charge in [-0.15, -0.1) is 0 Å². The van der Waals surface area contributed by atoms with Crippen LogP contribution >= 0.6 is 15.9 Å². The molecule has 0 bridgehead atoms. The van der Waals surface area contributed by atoms with Crippen LogP contribution in [-0.2, 0) is 11.3 Å². The molecule has 0 aromatic heterocycles. The van der Waals surface area contributed by atoms with Crippen LogP contribution < -0.4 is 9.47 Å². The lowest BCUT2D eigenvalue weighted by molar-refractivity contribution is -0.137. The Morgan fingerprint density at radius 2 is 2.27 bits per heavy atom. The summed E-state index contributed by atoms with van der Waals surface area (Å²) >= 11 is 3.53. The third-order valence-electron chi connectivity index (χ3n) is 4.26. The zero-order valence-corrected chi connectivity index (χ0v) is 14.0. The molecule has 1 atom stereocenters. The molecule has 0 saturated carbocycles. The fourth-order valence-electron chi connectivity index (χ4n) is 3.23. The zero-order valence-electron chi connectivity index (χ0n) is 12.4. The molecule has 1 N–H and O–H groups in total. The number of benzene rings is 1. The lowest BCUT2D eigenvalue weighted by Crippen LogP contribution is -2.35. The van der Waals surface area contributed by atoms with Gasteiger partial charge in [-0.3, -0.25) is 9.69 Å². The van der Waals surface area contributed by atoms with Crippen LogP contribution in [0.1, 0.15) is 31.2 Å². The van der Waals surface area contributed by atoms with Crippen molar-refractivity contribution in [2.24, 2.45) is 5.92 Å². The lowest BCUT2D eigenvalue weighted by atomic mass is 9.93. The van der Waals surface area contributed by atoms with Gasteiger partial charge in [-0.05, 0) is 65.4 Å². The van der Waals surface area contributed by atoms with Crippen LogP contribution in [0.15, 0.2) is 16.6 Å². The number of halogens is 1. The molecule has 0 spiro atoms. The van der Waals surface area contributed by atoms with Crippen molar-refractivity contribution in [3.63, 3.8) is 0 Å². The van der Waals surface area contributed by atoms with Gasteiger partial charge in [0.2, 0.25) is 6.79 Å². The summed E-state index contributed by atoms with van der Waals surface area (Å²) in [6.07, 6.45) is 3.31. The number of nitrogens with zero attached hydrogens (tertiary/aromatic N) is 1. The van der Waals surface area contributed by atoms with Crippen LogP contribution in [-0.4, -0.2) is 35.9 Å². The van der Waals surface area contributed by atoms with E-state index in [1.165, 1.54) is 5.56 Å². The normalized spacial score (nSPS) is 21.0. The Balaban J connectivity index is 1.61. The Labute approximate surface area is 138 Å². The summed E-state index contributed by atoms with van der Waals surface area (Å²) in [6.45, 7) is 3.17. The van der Waals surface area contributed by atoms with Gasteiger partial charge in [0.05, 0.1) is 4.47 Å². The molecule has 0 aliphatic carbocycles. The average molecular weight is 370 g/mol. The van der Waals surface area contributed by atoms with Crippen molar-refractivity contribution in [1.29, 1.82) is 0 Å². The smallest absolute Gasteiger partial charge is 0.303 e. The molecule has 3 rings (SSSR count). The number of hydrogen-bond acceptors (Lipinski definition) is 4. The van der Waals surface area contributed by atoms with Crippen molar-refractivity contribution in [3.05, 3.63) is 22.2 Å². The largest absolute Gasteiger partial charge is 0.481 e. The molecule has 0 radical (unpaired) electrons. The SMILES string of the molecule is O=C(O)CCC1CCCN(Cc2cc(Br)c3c(c2)OCO3)C1. The molecule has 1 saturated heterocycles. The van der Waals surface area contributed by atoms with Crippen LogP contribution in [0.2, 0.25) is 0 Å². The van der Waals surface area contributed by atoms with E-state index in [0.29, 0.717) is 5.92 Å². The van der Waals surface area contributed by atoms with Gasteiger partial charge < -0.3 is 14.6 Å². The summed E-state index contributed by atoms with van der Waals surface area (Å²) in [5, 5.41) is 8.82. The predicted octanol–water partition coefficient (Wildman–Crippen LogP) is 3.25. The number of carbonyl (C=O) groups is 1. The highest BCUT2D eigenvalue weighted by molar-refractivity contribution is 9.10. The highest BCUT2D eigenvalue weighted by Crippen LogP contribution is 2.40. The van der Waals surface area contributed by atoms with Crippen molar-refractivity contribution < 1.29 is 19.4 Å². The summed E-state index contributed by atoms with van der Waals surface area (Å²) < 4.78 is 11.8. The van der Waals surface area contributed by atoms with E-state index in [1.54, 1.807) is 0 Å². The average Bonchev–Trinajstić information content (AvgIpc) is 2.94. The Morgan fingerprint density at radius 1 is 1.41 bits per heavy atom. The number of carboxylic acid groups (broad SMARTS) is 1. The maximum absolute atomic E-state index is 10.7.